The van der Waals surface area contributed by atoms with Gasteiger partial charge in [0.25, 0.3) is 5.91 Å². The fraction of sp³-hybridized carbons (Fsp3) is 0.867. The molecule has 0 spiro atoms. The molecule has 2 atom stereocenters. The van der Waals surface area contributed by atoms with E-state index in [1.807, 2.05) is 6.92 Å². The van der Waals surface area contributed by atoms with Crippen LogP contribution in [0.1, 0.15) is 33.6 Å². The Morgan fingerprint density at radius 2 is 2.00 bits per heavy atom. The SMILES string of the molecule is CC(C)[C@@H](NCC(F)(F)F)C(=O)OCC(=O)N1CCC[C@H](C)C1. The van der Waals surface area contributed by atoms with Gasteiger partial charge in [-0.3, -0.25) is 14.9 Å². The highest BCUT2D eigenvalue weighted by atomic mass is 19.4. The normalized spacial score (nSPS) is 20.5. The highest BCUT2D eigenvalue weighted by Crippen LogP contribution is 2.16. The number of carbonyl (C=O) groups is 2. The lowest BCUT2D eigenvalue weighted by atomic mass is 10.0. The summed E-state index contributed by atoms with van der Waals surface area (Å²) >= 11 is 0. The van der Waals surface area contributed by atoms with Gasteiger partial charge in [0.1, 0.15) is 6.04 Å². The molecule has 1 aliphatic rings. The molecular formula is C15H25F3N2O3. The molecule has 0 aliphatic carbocycles. The smallest absolute Gasteiger partial charge is 0.401 e. The van der Waals surface area contributed by atoms with Crippen LogP contribution in [0.15, 0.2) is 0 Å². The molecule has 0 aromatic heterocycles. The van der Waals surface area contributed by atoms with E-state index in [2.05, 4.69) is 5.32 Å². The van der Waals surface area contributed by atoms with E-state index in [0.29, 0.717) is 19.0 Å². The number of nitrogens with zero attached hydrogens (tertiary/aromatic N) is 1. The van der Waals surface area contributed by atoms with Crippen molar-refractivity contribution in [3.8, 4) is 0 Å². The maximum Gasteiger partial charge on any atom is 0.401 e. The van der Waals surface area contributed by atoms with Crippen LogP contribution in [-0.4, -0.2) is 55.2 Å². The molecule has 0 radical (unpaired) electrons. The fourth-order valence-electron chi connectivity index (χ4n) is 2.55. The quantitative estimate of drug-likeness (QED) is 0.752. The minimum Gasteiger partial charge on any atom is -0.454 e. The Labute approximate surface area is 134 Å². The second kappa shape index (κ2) is 8.52. The first-order valence-electron chi connectivity index (χ1n) is 7.84. The van der Waals surface area contributed by atoms with Crippen molar-refractivity contribution >= 4 is 11.9 Å². The summed E-state index contributed by atoms with van der Waals surface area (Å²) in [5, 5.41) is 2.14. The van der Waals surface area contributed by atoms with E-state index in [0.717, 1.165) is 12.8 Å². The van der Waals surface area contributed by atoms with Gasteiger partial charge in [0.05, 0.1) is 6.54 Å². The number of likely N-dealkylation sites (tertiary alicyclic amines) is 1. The predicted octanol–water partition coefficient (Wildman–Crippen LogP) is 1.96. The summed E-state index contributed by atoms with van der Waals surface area (Å²) in [5.74, 6) is -1.11. The number of esters is 1. The molecule has 1 saturated heterocycles. The summed E-state index contributed by atoms with van der Waals surface area (Å²) in [4.78, 5) is 25.6. The number of carbonyl (C=O) groups excluding carboxylic acids is 2. The molecule has 1 heterocycles. The van der Waals surface area contributed by atoms with Crippen LogP contribution in [0.25, 0.3) is 0 Å². The molecule has 1 rings (SSSR count). The molecule has 0 unspecified atom stereocenters. The largest absolute Gasteiger partial charge is 0.454 e. The highest BCUT2D eigenvalue weighted by molar-refractivity contribution is 5.82. The van der Waals surface area contributed by atoms with Gasteiger partial charge in [-0.1, -0.05) is 20.8 Å². The third kappa shape index (κ3) is 7.20. The molecule has 1 amide bonds. The summed E-state index contributed by atoms with van der Waals surface area (Å²) < 4.78 is 41.7. The fourth-order valence-corrected chi connectivity index (χ4v) is 2.55. The zero-order valence-corrected chi connectivity index (χ0v) is 13.8. The van der Waals surface area contributed by atoms with Crippen LogP contribution < -0.4 is 5.32 Å². The van der Waals surface area contributed by atoms with Gasteiger partial charge in [-0.05, 0) is 24.7 Å². The lowest BCUT2D eigenvalue weighted by Crippen LogP contribution is -2.47. The van der Waals surface area contributed by atoms with E-state index < -0.39 is 31.3 Å². The first-order chi connectivity index (χ1) is 10.6. The molecule has 8 heteroatoms. The van der Waals surface area contributed by atoms with Crippen LogP contribution in [0.2, 0.25) is 0 Å². The lowest BCUT2D eigenvalue weighted by molar-refractivity contribution is -0.157. The van der Waals surface area contributed by atoms with Crippen molar-refractivity contribution in [3.05, 3.63) is 0 Å². The van der Waals surface area contributed by atoms with Crippen molar-refractivity contribution in [2.75, 3.05) is 26.2 Å². The second-order valence-electron chi connectivity index (χ2n) is 6.41. The topological polar surface area (TPSA) is 58.6 Å². The third-order valence-electron chi connectivity index (χ3n) is 3.79. The first-order valence-corrected chi connectivity index (χ1v) is 7.84. The van der Waals surface area contributed by atoms with Crippen molar-refractivity contribution in [3.63, 3.8) is 0 Å². The van der Waals surface area contributed by atoms with Crippen molar-refractivity contribution in [1.82, 2.24) is 10.2 Å². The zero-order valence-electron chi connectivity index (χ0n) is 13.8. The van der Waals surface area contributed by atoms with E-state index in [9.17, 15) is 22.8 Å². The van der Waals surface area contributed by atoms with Gasteiger partial charge < -0.3 is 9.64 Å². The number of ether oxygens (including phenoxy) is 1. The Morgan fingerprint density at radius 1 is 1.35 bits per heavy atom. The lowest BCUT2D eigenvalue weighted by Gasteiger charge is -2.31. The summed E-state index contributed by atoms with van der Waals surface area (Å²) in [6.45, 7) is 4.82. The zero-order chi connectivity index (χ0) is 17.6. The average molecular weight is 338 g/mol. The van der Waals surface area contributed by atoms with Gasteiger partial charge in [0.2, 0.25) is 0 Å². The predicted molar refractivity (Wildman–Crippen MR) is 78.6 cm³/mol. The van der Waals surface area contributed by atoms with Crippen molar-refractivity contribution in [1.29, 1.82) is 0 Å². The standard InChI is InChI=1S/C15H25F3N2O3/c1-10(2)13(19-9-15(16,17)18)14(22)23-8-12(21)20-6-4-5-11(3)7-20/h10-11,13,19H,4-9H2,1-3H3/t11-,13+/m0/s1. The average Bonchev–Trinajstić information content (AvgIpc) is 2.43. The van der Waals surface area contributed by atoms with Crippen LogP contribution in [0.5, 0.6) is 0 Å². The summed E-state index contributed by atoms with van der Waals surface area (Å²) in [6, 6.07) is -1.09. The molecule has 23 heavy (non-hydrogen) atoms. The monoisotopic (exact) mass is 338 g/mol. The molecule has 5 nitrogen and oxygen atoms in total. The van der Waals surface area contributed by atoms with Crippen LogP contribution in [0, 0.1) is 11.8 Å². The van der Waals surface area contributed by atoms with E-state index in [4.69, 9.17) is 4.74 Å². The van der Waals surface area contributed by atoms with Gasteiger partial charge >= 0.3 is 12.1 Å². The van der Waals surface area contributed by atoms with Crippen LogP contribution >= 0.6 is 0 Å². The van der Waals surface area contributed by atoms with Gasteiger partial charge in [-0.2, -0.15) is 13.2 Å². The minimum atomic E-state index is -4.41. The summed E-state index contributed by atoms with van der Waals surface area (Å²) in [5.41, 5.74) is 0. The van der Waals surface area contributed by atoms with Gasteiger partial charge in [-0.25, -0.2) is 0 Å². The van der Waals surface area contributed by atoms with Gasteiger partial charge in [-0.15, -0.1) is 0 Å². The van der Waals surface area contributed by atoms with E-state index in [1.54, 1.807) is 18.7 Å². The Bertz CT molecular complexity index is 413. The Hall–Kier alpha value is -1.31. The van der Waals surface area contributed by atoms with E-state index in [-0.39, 0.29) is 11.8 Å². The molecule has 0 aromatic rings. The van der Waals surface area contributed by atoms with Crippen LogP contribution in [0.3, 0.4) is 0 Å². The molecule has 1 N–H and O–H groups in total. The number of amides is 1. The van der Waals surface area contributed by atoms with E-state index in [1.165, 1.54) is 0 Å². The van der Waals surface area contributed by atoms with Gasteiger partial charge in [0, 0.05) is 13.1 Å². The third-order valence-corrected chi connectivity index (χ3v) is 3.79. The molecule has 0 saturated carbocycles. The molecule has 1 fully saturated rings. The summed E-state index contributed by atoms with van der Waals surface area (Å²) in [6.07, 6.45) is -2.45. The van der Waals surface area contributed by atoms with Crippen molar-refractivity contribution < 1.29 is 27.5 Å². The molecule has 0 aromatic carbocycles. The maximum absolute atomic E-state index is 12.3. The van der Waals surface area contributed by atoms with Crippen LogP contribution in [-0.2, 0) is 14.3 Å². The number of rotatable bonds is 6. The van der Waals surface area contributed by atoms with E-state index >= 15 is 0 Å². The minimum absolute atomic E-state index is 0.303. The summed E-state index contributed by atoms with van der Waals surface area (Å²) in [7, 11) is 0. The van der Waals surface area contributed by atoms with Crippen molar-refractivity contribution in [2.24, 2.45) is 11.8 Å². The maximum atomic E-state index is 12.3. The first kappa shape index (κ1) is 19.7. The molecule has 134 valence electrons. The number of piperidine rings is 1. The molecular weight excluding hydrogens is 313 g/mol. The van der Waals surface area contributed by atoms with Crippen molar-refractivity contribution in [2.45, 2.75) is 45.8 Å². The number of halogens is 3. The highest BCUT2D eigenvalue weighted by Gasteiger charge is 2.32. The Balaban J connectivity index is 2.46. The number of nitrogens with one attached hydrogen (secondary N) is 1. The number of alkyl halides is 3. The molecule has 0 bridgehead atoms. The molecule has 1 aliphatic heterocycles. The number of hydrogen-bond acceptors (Lipinski definition) is 4. The van der Waals surface area contributed by atoms with Crippen LogP contribution in [0.4, 0.5) is 13.2 Å². The Morgan fingerprint density at radius 3 is 2.52 bits per heavy atom. The second-order valence-corrected chi connectivity index (χ2v) is 6.41. The Kier molecular flexibility index (Phi) is 7.31. The number of hydrogen-bond donors (Lipinski definition) is 1. The van der Waals surface area contributed by atoms with Gasteiger partial charge in [0.15, 0.2) is 6.61 Å².